The summed E-state index contributed by atoms with van der Waals surface area (Å²) in [5.74, 6) is 0.0455. The summed E-state index contributed by atoms with van der Waals surface area (Å²) in [6.07, 6.45) is 3.60. The first kappa shape index (κ1) is 22.1. The Morgan fingerprint density at radius 2 is 1.72 bits per heavy atom. The minimum absolute atomic E-state index is 0.00724. The lowest BCUT2D eigenvalue weighted by Crippen LogP contribution is -2.40. The van der Waals surface area contributed by atoms with E-state index < -0.39 is 5.82 Å². The van der Waals surface area contributed by atoms with E-state index in [1.165, 1.54) is 12.1 Å². The minimum Gasteiger partial charge on any atom is -0.341 e. The number of hydrogen-bond acceptors (Lipinski definition) is 6. The Labute approximate surface area is 207 Å². The first-order valence-corrected chi connectivity index (χ1v) is 11.9. The van der Waals surface area contributed by atoms with Crippen molar-refractivity contribution in [1.82, 2.24) is 19.7 Å². The van der Waals surface area contributed by atoms with Gasteiger partial charge in [-0.2, -0.15) is 10.4 Å². The van der Waals surface area contributed by atoms with E-state index in [1.54, 1.807) is 6.07 Å². The standard InChI is InChI=1S/C28H24FN7/c1-35-26-7-5-17(12-21(26)16-32-35)18-4-6-25-23(13-18)27(19-2-3-20(15-30)24(29)14-19)34-28(33-25)36-10-8-22(31)9-11-36/h2-7,12-14,16,22H,8-11,31H2,1H3. The number of hydrogen-bond donors (Lipinski definition) is 1. The summed E-state index contributed by atoms with van der Waals surface area (Å²) in [7, 11) is 1.92. The van der Waals surface area contributed by atoms with Gasteiger partial charge < -0.3 is 10.6 Å². The number of rotatable bonds is 3. The predicted octanol–water partition coefficient (Wildman–Crippen LogP) is 4.79. The van der Waals surface area contributed by atoms with E-state index in [0.717, 1.165) is 58.9 Å². The molecule has 1 fully saturated rings. The molecule has 0 radical (unpaired) electrons. The van der Waals surface area contributed by atoms with E-state index in [9.17, 15) is 9.65 Å². The normalized spacial score (nSPS) is 14.4. The Morgan fingerprint density at radius 1 is 0.972 bits per heavy atom. The Bertz CT molecular complexity index is 1660. The summed E-state index contributed by atoms with van der Waals surface area (Å²) in [6, 6.07) is 19.0. The molecule has 0 amide bonds. The van der Waals surface area contributed by atoms with Crippen LogP contribution in [0.2, 0.25) is 0 Å². The van der Waals surface area contributed by atoms with E-state index in [-0.39, 0.29) is 11.6 Å². The van der Waals surface area contributed by atoms with Crippen molar-refractivity contribution >= 4 is 27.8 Å². The van der Waals surface area contributed by atoms with Crippen molar-refractivity contribution < 1.29 is 4.39 Å². The van der Waals surface area contributed by atoms with Crippen molar-refractivity contribution in [3.63, 3.8) is 0 Å². The van der Waals surface area contributed by atoms with Crippen molar-refractivity contribution in [2.24, 2.45) is 12.8 Å². The molecule has 1 aliphatic rings. The molecule has 8 heteroatoms. The Hall–Kier alpha value is -4.35. The van der Waals surface area contributed by atoms with E-state index in [2.05, 4.69) is 28.2 Å². The summed E-state index contributed by atoms with van der Waals surface area (Å²) in [6.45, 7) is 1.55. The third-order valence-corrected chi connectivity index (χ3v) is 6.95. The molecule has 2 aromatic heterocycles. The van der Waals surface area contributed by atoms with Crippen LogP contribution in [0.3, 0.4) is 0 Å². The quantitative estimate of drug-likeness (QED) is 0.401. The number of benzene rings is 3. The average Bonchev–Trinajstić information content (AvgIpc) is 3.28. The van der Waals surface area contributed by atoms with Crippen LogP contribution in [0, 0.1) is 17.1 Å². The summed E-state index contributed by atoms with van der Waals surface area (Å²) < 4.78 is 16.5. The smallest absolute Gasteiger partial charge is 0.226 e. The molecule has 36 heavy (non-hydrogen) atoms. The molecule has 0 saturated carbocycles. The van der Waals surface area contributed by atoms with Crippen molar-refractivity contribution in [1.29, 1.82) is 5.26 Å². The van der Waals surface area contributed by atoms with Gasteiger partial charge in [0, 0.05) is 42.5 Å². The Kier molecular flexibility index (Phi) is 5.35. The number of nitrogens with two attached hydrogens (primary N) is 1. The molecule has 6 rings (SSSR count). The molecule has 3 heterocycles. The molecular weight excluding hydrogens is 453 g/mol. The Morgan fingerprint density at radius 3 is 2.50 bits per heavy atom. The van der Waals surface area contributed by atoms with Crippen molar-refractivity contribution in [3.05, 3.63) is 72.2 Å². The monoisotopic (exact) mass is 477 g/mol. The number of aromatic nitrogens is 4. The number of halogens is 1. The third-order valence-electron chi connectivity index (χ3n) is 6.95. The zero-order chi connectivity index (χ0) is 24.8. The highest BCUT2D eigenvalue weighted by Crippen LogP contribution is 2.34. The fourth-order valence-electron chi connectivity index (χ4n) is 4.85. The molecule has 1 saturated heterocycles. The highest BCUT2D eigenvalue weighted by Gasteiger charge is 2.21. The molecule has 0 bridgehead atoms. The van der Waals surface area contributed by atoms with Crippen molar-refractivity contribution in [3.8, 4) is 28.5 Å². The fourth-order valence-corrected chi connectivity index (χ4v) is 4.85. The van der Waals surface area contributed by atoms with E-state index in [1.807, 2.05) is 42.2 Å². The Balaban J connectivity index is 1.52. The average molecular weight is 478 g/mol. The summed E-state index contributed by atoms with van der Waals surface area (Å²) in [5.41, 5.74) is 11.2. The number of piperidine rings is 1. The molecule has 3 aromatic carbocycles. The fraction of sp³-hybridized carbons (Fsp3) is 0.214. The second-order valence-corrected chi connectivity index (χ2v) is 9.28. The van der Waals surface area contributed by atoms with Crippen LogP contribution in [-0.2, 0) is 7.05 Å². The number of nitriles is 1. The summed E-state index contributed by atoms with van der Waals surface area (Å²) >= 11 is 0. The van der Waals surface area contributed by atoms with Crippen LogP contribution in [0.4, 0.5) is 10.3 Å². The first-order valence-electron chi connectivity index (χ1n) is 11.9. The van der Waals surface area contributed by atoms with Crippen molar-refractivity contribution in [2.45, 2.75) is 18.9 Å². The number of anilines is 1. The molecule has 0 atom stereocenters. The SMILES string of the molecule is Cn1ncc2cc(-c3ccc4nc(N5CCC(N)CC5)nc(-c5ccc(C#N)c(F)c5)c4c3)ccc21. The molecule has 1 aliphatic heterocycles. The summed E-state index contributed by atoms with van der Waals surface area (Å²) in [4.78, 5) is 11.9. The lowest BCUT2D eigenvalue weighted by Gasteiger charge is -2.30. The highest BCUT2D eigenvalue weighted by molar-refractivity contribution is 5.97. The van der Waals surface area contributed by atoms with E-state index in [4.69, 9.17) is 15.7 Å². The largest absolute Gasteiger partial charge is 0.341 e. The van der Waals surface area contributed by atoms with Gasteiger partial charge in [-0.15, -0.1) is 0 Å². The first-order chi connectivity index (χ1) is 17.5. The summed E-state index contributed by atoms with van der Waals surface area (Å²) in [5, 5.41) is 15.4. The van der Waals surface area contributed by atoms with Crippen LogP contribution >= 0.6 is 0 Å². The van der Waals surface area contributed by atoms with Gasteiger partial charge in [-0.1, -0.05) is 18.2 Å². The van der Waals surface area contributed by atoms with Gasteiger partial charge in [0.2, 0.25) is 5.95 Å². The van der Waals surface area contributed by atoms with Crippen LogP contribution in [-0.4, -0.2) is 38.9 Å². The maximum atomic E-state index is 14.6. The van der Waals surface area contributed by atoms with Crippen LogP contribution in [0.25, 0.3) is 44.2 Å². The van der Waals surface area contributed by atoms with Gasteiger partial charge in [0.25, 0.3) is 0 Å². The minimum atomic E-state index is -0.564. The lowest BCUT2D eigenvalue weighted by atomic mass is 9.99. The van der Waals surface area contributed by atoms with Gasteiger partial charge in [-0.05, 0) is 60.4 Å². The van der Waals surface area contributed by atoms with Crippen molar-refractivity contribution in [2.75, 3.05) is 18.0 Å². The molecule has 7 nitrogen and oxygen atoms in total. The molecule has 0 unspecified atom stereocenters. The van der Waals surface area contributed by atoms with Crippen LogP contribution < -0.4 is 10.6 Å². The maximum absolute atomic E-state index is 14.6. The van der Waals surface area contributed by atoms with Crippen LogP contribution in [0.15, 0.2) is 60.8 Å². The predicted molar refractivity (Wildman–Crippen MR) is 139 cm³/mol. The zero-order valence-corrected chi connectivity index (χ0v) is 19.8. The second kappa shape index (κ2) is 8.70. The van der Waals surface area contributed by atoms with Gasteiger partial charge in [-0.25, -0.2) is 14.4 Å². The van der Waals surface area contributed by atoms with E-state index in [0.29, 0.717) is 17.2 Å². The molecule has 5 aromatic rings. The van der Waals surface area contributed by atoms with Crippen LogP contribution in [0.5, 0.6) is 0 Å². The number of aryl methyl sites for hydroxylation is 1. The second-order valence-electron chi connectivity index (χ2n) is 9.28. The van der Waals surface area contributed by atoms with Gasteiger partial charge >= 0.3 is 0 Å². The highest BCUT2D eigenvalue weighted by atomic mass is 19.1. The van der Waals surface area contributed by atoms with Gasteiger partial charge in [0.15, 0.2) is 0 Å². The van der Waals surface area contributed by atoms with Gasteiger partial charge in [0.1, 0.15) is 11.9 Å². The third kappa shape index (κ3) is 3.84. The molecule has 178 valence electrons. The van der Waals surface area contributed by atoms with Gasteiger partial charge in [0.05, 0.1) is 28.5 Å². The number of fused-ring (bicyclic) bond motifs is 2. The van der Waals surface area contributed by atoms with Gasteiger partial charge in [-0.3, -0.25) is 4.68 Å². The molecule has 0 aliphatic carbocycles. The zero-order valence-electron chi connectivity index (χ0n) is 19.8. The molecule has 2 N–H and O–H groups in total. The lowest BCUT2D eigenvalue weighted by molar-refractivity contribution is 0.496. The topological polar surface area (TPSA) is 96.7 Å². The van der Waals surface area contributed by atoms with Crippen LogP contribution in [0.1, 0.15) is 18.4 Å². The number of nitrogens with zero attached hydrogens (tertiary/aromatic N) is 6. The molecule has 0 spiro atoms. The van der Waals surface area contributed by atoms with E-state index >= 15 is 0 Å². The maximum Gasteiger partial charge on any atom is 0.226 e. The molecular formula is C28H24FN7.